The summed E-state index contributed by atoms with van der Waals surface area (Å²) in [4.78, 5) is 28.1. The van der Waals surface area contributed by atoms with E-state index in [4.69, 9.17) is 10.5 Å². The molecule has 1 aromatic rings. The summed E-state index contributed by atoms with van der Waals surface area (Å²) < 4.78 is 5.74. The zero-order valence-electron chi connectivity index (χ0n) is 11.1. The number of amidine groups is 1. The number of nitrogens with two attached hydrogens (primary N) is 1. The smallest absolute Gasteiger partial charge is 0.244 e. The highest BCUT2D eigenvalue weighted by Crippen LogP contribution is 2.30. The molecule has 6 heteroatoms. The molecule has 20 heavy (non-hydrogen) atoms. The molecule has 2 rings (SSSR count). The Morgan fingerprint density at radius 2 is 2.25 bits per heavy atom. The van der Waals surface area contributed by atoms with E-state index in [1.54, 1.807) is 31.2 Å². The Labute approximate surface area is 121 Å². The van der Waals surface area contributed by atoms with Gasteiger partial charge < -0.3 is 10.5 Å². The van der Waals surface area contributed by atoms with Gasteiger partial charge in [0, 0.05) is 12.2 Å². The summed E-state index contributed by atoms with van der Waals surface area (Å²) in [7, 11) is 0. The summed E-state index contributed by atoms with van der Waals surface area (Å²) >= 11 is 1.32. The van der Waals surface area contributed by atoms with Crippen LogP contribution in [0.15, 0.2) is 35.3 Å². The van der Waals surface area contributed by atoms with Crippen LogP contribution in [0.1, 0.15) is 13.3 Å². The Morgan fingerprint density at radius 1 is 1.55 bits per heavy atom. The molecule has 106 valence electrons. The first kappa shape index (κ1) is 14.6. The van der Waals surface area contributed by atoms with Crippen LogP contribution in [0, 0.1) is 0 Å². The van der Waals surface area contributed by atoms with E-state index in [0.717, 1.165) is 0 Å². The zero-order valence-corrected chi connectivity index (χ0v) is 11.9. The van der Waals surface area contributed by atoms with Crippen molar-refractivity contribution in [2.45, 2.75) is 25.0 Å². The third-order valence-corrected chi connectivity index (χ3v) is 4.01. The number of nitrogens with zero attached hydrogens (tertiary/aromatic N) is 1. The van der Waals surface area contributed by atoms with E-state index >= 15 is 0 Å². The second-order valence-electron chi connectivity index (χ2n) is 4.40. The van der Waals surface area contributed by atoms with Crippen LogP contribution in [0.3, 0.4) is 0 Å². The van der Waals surface area contributed by atoms with E-state index in [-0.39, 0.29) is 12.2 Å². The van der Waals surface area contributed by atoms with Crippen molar-refractivity contribution in [2.24, 2.45) is 10.7 Å². The molecule has 2 unspecified atom stereocenters. The monoisotopic (exact) mass is 292 g/mol. The second kappa shape index (κ2) is 6.09. The van der Waals surface area contributed by atoms with Gasteiger partial charge in [0.25, 0.3) is 0 Å². The van der Waals surface area contributed by atoms with Gasteiger partial charge in [-0.15, -0.1) is 0 Å². The lowest BCUT2D eigenvalue weighted by molar-refractivity contribution is -0.142. The van der Waals surface area contributed by atoms with Crippen molar-refractivity contribution in [3.63, 3.8) is 0 Å². The minimum Gasteiger partial charge on any atom is -0.470 e. The summed E-state index contributed by atoms with van der Waals surface area (Å²) in [6.07, 6.45) is 0.751. The molecule has 0 saturated carbocycles. The lowest BCUT2D eigenvalue weighted by atomic mass is 9.90. The van der Waals surface area contributed by atoms with Gasteiger partial charge in [-0.05, 0) is 12.1 Å². The third-order valence-electron chi connectivity index (χ3n) is 3.13. The molecule has 0 aromatic heterocycles. The molecule has 0 fully saturated rings. The zero-order chi connectivity index (χ0) is 14.6. The van der Waals surface area contributed by atoms with Gasteiger partial charge in [-0.2, -0.15) is 0 Å². The van der Waals surface area contributed by atoms with E-state index in [1.807, 2.05) is 6.07 Å². The van der Waals surface area contributed by atoms with Gasteiger partial charge in [-0.3, -0.25) is 14.6 Å². The number of carbonyl (C=O) groups excluding carboxylic acids is 2. The number of ether oxygens (including phenoxy) is 1. The van der Waals surface area contributed by atoms with Crippen molar-refractivity contribution in [2.75, 3.05) is 5.75 Å². The van der Waals surface area contributed by atoms with Gasteiger partial charge in [0.1, 0.15) is 11.8 Å². The highest BCUT2D eigenvalue weighted by Gasteiger charge is 2.49. The number of aliphatic imine (C=N–C) groups is 1. The molecule has 2 N–H and O–H groups in total. The highest BCUT2D eigenvalue weighted by atomic mass is 32.2. The maximum atomic E-state index is 12.3. The van der Waals surface area contributed by atoms with Gasteiger partial charge in [-0.25, -0.2) is 0 Å². The van der Waals surface area contributed by atoms with Crippen LogP contribution in [0.5, 0.6) is 5.75 Å². The predicted molar refractivity (Wildman–Crippen MR) is 79.0 cm³/mol. The Hall–Kier alpha value is -1.82. The number of aldehydes is 1. The first-order valence-corrected chi connectivity index (χ1v) is 7.30. The second-order valence-corrected chi connectivity index (χ2v) is 5.44. The molecule has 0 saturated heterocycles. The molecule has 1 heterocycles. The maximum absolute atomic E-state index is 12.3. The predicted octanol–water partition coefficient (Wildman–Crippen LogP) is 1.41. The van der Waals surface area contributed by atoms with E-state index in [0.29, 0.717) is 23.0 Å². The number of rotatable bonds is 6. The number of Topliss-reactive ketones (excluding diaryl/α,β-unsaturated/α-hetero) is 1. The molecule has 1 aliphatic heterocycles. The van der Waals surface area contributed by atoms with Crippen molar-refractivity contribution >= 4 is 29.0 Å². The number of para-hydroxylation sites is 1. The third kappa shape index (κ3) is 2.70. The largest absolute Gasteiger partial charge is 0.470 e. The molecule has 0 amide bonds. The highest BCUT2D eigenvalue weighted by molar-refractivity contribution is 8.14. The molecule has 5 nitrogen and oxygen atoms in total. The van der Waals surface area contributed by atoms with Crippen molar-refractivity contribution in [3.8, 4) is 5.75 Å². The van der Waals surface area contributed by atoms with Crippen molar-refractivity contribution in [1.29, 1.82) is 0 Å². The molecular weight excluding hydrogens is 276 g/mol. The average Bonchev–Trinajstić information content (AvgIpc) is 2.92. The summed E-state index contributed by atoms with van der Waals surface area (Å²) in [6.45, 7) is 1.70. The van der Waals surface area contributed by atoms with Gasteiger partial charge in [0.2, 0.25) is 5.60 Å². The number of benzene rings is 1. The van der Waals surface area contributed by atoms with Crippen molar-refractivity contribution < 1.29 is 14.3 Å². The Balaban J connectivity index is 2.38. The molecular formula is C14H16N2O3S. The van der Waals surface area contributed by atoms with Crippen LogP contribution in [0.4, 0.5) is 0 Å². The van der Waals surface area contributed by atoms with Gasteiger partial charge in [0.15, 0.2) is 17.2 Å². The molecule has 1 aromatic carbocycles. The lowest BCUT2D eigenvalue weighted by Crippen LogP contribution is -2.55. The van der Waals surface area contributed by atoms with Crippen molar-refractivity contribution in [3.05, 3.63) is 30.3 Å². The van der Waals surface area contributed by atoms with Crippen LogP contribution < -0.4 is 10.5 Å². The standard InChI is InChI=1S/C14H16N2O3S/c1-2-12(18)14(9-17,11-8-20-13(15)16-11)19-10-6-4-3-5-7-10/h3-7,9,11H,2,8H2,1H3,(H2,15,16). The molecule has 0 bridgehead atoms. The quantitative estimate of drug-likeness (QED) is 0.633. The molecule has 0 aliphatic carbocycles. The van der Waals surface area contributed by atoms with E-state index in [9.17, 15) is 9.59 Å². The fourth-order valence-electron chi connectivity index (χ4n) is 2.05. The number of ketones is 1. The number of thioether (sulfide) groups is 1. The minimum atomic E-state index is -1.59. The van der Waals surface area contributed by atoms with Crippen LogP contribution in [-0.4, -0.2) is 34.6 Å². The van der Waals surface area contributed by atoms with Gasteiger partial charge in [0.05, 0.1) is 0 Å². The molecule has 0 radical (unpaired) electrons. The van der Waals surface area contributed by atoms with E-state index in [2.05, 4.69) is 4.99 Å². The minimum absolute atomic E-state index is 0.197. The first-order chi connectivity index (χ1) is 9.62. The van der Waals surface area contributed by atoms with Gasteiger partial charge >= 0.3 is 0 Å². The number of carbonyl (C=O) groups is 2. The summed E-state index contributed by atoms with van der Waals surface area (Å²) in [5.41, 5.74) is 4.05. The van der Waals surface area contributed by atoms with Crippen molar-refractivity contribution in [1.82, 2.24) is 0 Å². The molecule has 0 spiro atoms. The number of hydrogen-bond acceptors (Lipinski definition) is 6. The van der Waals surface area contributed by atoms with Crippen LogP contribution in [0.25, 0.3) is 0 Å². The first-order valence-electron chi connectivity index (χ1n) is 6.32. The van der Waals surface area contributed by atoms with Crippen LogP contribution in [-0.2, 0) is 9.59 Å². The fourth-order valence-corrected chi connectivity index (χ4v) is 2.90. The van der Waals surface area contributed by atoms with Gasteiger partial charge in [-0.1, -0.05) is 36.9 Å². The Bertz CT molecular complexity index is 532. The maximum Gasteiger partial charge on any atom is 0.244 e. The average molecular weight is 292 g/mol. The van der Waals surface area contributed by atoms with E-state index in [1.165, 1.54) is 11.8 Å². The Morgan fingerprint density at radius 3 is 2.75 bits per heavy atom. The normalized spacial score (nSPS) is 20.9. The summed E-state index contributed by atoms with van der Waals surface area (Å²) in [6, 6.07) is 8.22. The number of hydrogen-bond donors (Lipinski definition) is 1. The molecule has 1 aliphatic rings. The fraction of sp³-hybridized carbons (Fsp3) is 0.357. The summed E-state index contributed by atoms with van der Waals surface area (Å²) in [5, 5.41) is 0.377. The summed E-state index contributed by atoms with van der Waals surface area (Å²) in [5.74, 6) is 0.635. The molecule has 2 atom stereocenters. The van der Waals surface area contributed by atoms with Crippen LogP contribution >= 0.6 is 11.8 Å². The van der Waals surface area contributed by atoms with E-state index < -0.39 is 11.6 Å². The van der Waals surface area contributed by atoms with Crippen LogP contribution in [0.2, 0.25) is 0 Å². The topological polar surface area (TPSA) is 81.8 Å². The Kier molecular flexibility index (Phi) is 4.44. The SMILES string of the molecule is CCC(=O)C(C=O)(Oc1ccccc1)C1CSC(N)=N1. The lowest BCUT2D eigenvalue weighted by Gasteiger charge is -2.30.